The number of hydrogen-bond acceptors (Lipinski definition) is 6. The van der Waals surface area contributed by atoms with Gasteiger partial charge in [-0.3, -0.25) is 9.20 Å². The van der Waals surface area contributed by atoms with E-state index in [4.69, 9.17) is 18.3 Å². The molecule has 1 fully saturated rings. The van der Waals surface area contributed by atoms with Crippen molar-refractivity contribution in [2.45, 2.75) is 36.8 Å². The van der Waals surface area contributed by atoms with Crippen molar-refractivity contribution in [2.75, 3.05) is 5.73 Å². The summed E-state index contributed by atoms with van der Waals surface area (Å²) < 4.78 is 62.1. The van der Waals surface area contributed by atoms with Gasteiger partial charge in [0.15, 0.2) is 0 Å². The Morgan fingerprint density at radius 3 is 2.78 bits per heavy atom. The normalized spacial score (nSPS) is 23.5. The highest BCUT2D eigenvalue weighted by atomic mass is 19.4. The standard InChI is InChI=1S/C23H16BF4N5O3/c24-22(35)4-3-17-19(11-2-1-10(23(26,27)28)5-18(11)36-17)33(22)21(34)12-6-15-14(7-13(12)25)31-20(29)16-8-30-9-32(15)16/h1-2,5-9,17,19,35H,3-4H2,(H2,29,31). The van der Waals surface area contributed by atoms with E-state index in [9.17, 15) is 23.1 Å². The number of carbonyl (C=O) groups is 1. The SMILES string of the molecule is [B]C1(O)CCC2Oc3cc(C(F)(F)F)ccc3C2N1C(=O)c1cc2c(cc1F)nc(N)c1cncn12. The van der Waals surface area contributed by atoms with E-state index in [1.165, 1.54) is 29.1 Å². The van der Waals surface area contributed by atoms with E-state index in [0.717, 1.165) is 23.1 Å². The lowest BCUT2D eigenvalue weighted by Crippen LogP contribution is -2.59. The summed E-state index contributed by atoms with van der Waals surface area (Å²) in [7, 11) is 6.09. The molecule has 0 saturated carbocycles. The Morgan fingerprint density at radius 2 is 2.03 bits per heavy atom. The van der Waals surface area contributed by atoms with Crippen LogP contribution in [0.15, 0.2) is 42.9 Å². The summed E-state index contributed by atoms with van der Waals surface area (Å²) in [5.74, 6) is -1.86. The molecule has 0 bridgehead atoms. The van der Waals surface area contributed by atoms with Crippen LogP contribution in [-0.4, -0.2) is 49.9 Å². The maximum absolute atomic E-state index is 15.2. The quantitative estimate of drug-likeness (QED) is 0.309. The molecule has 1 saturated heterocycles. The van der Waals surface area contributed by atoms with Gasteiger partial charge in [-0.25, -0.2) is 14.4 Å². The second-order valence-corrected chi connectivity index (χ2v) is 8.91. The summed E-state index contributed by atoms with van der Waals surface area (Å²) >= 11 is 0. The number of aromatic nitrogens is 3. The van der Waals surface area contributed by atoms with Crippen LogP contribution in [0.25, 0.3) is 16.6 Å². The number of rotatable bonds is 1. The number of fused-ring (bicyclic) bond motifs is 6. The third kappa shape index (κ3) is 3.22. The first kappa shape index (κ1) is 22.6. The number of anilines is 1. The van der Waals surface area contributed by atoms with Crippen molar-refractivity contribution in [3.05, 3.63) is 65.4 Å². The smallest absolute Gasteiger partial charge is 0.416 e. The van der Waals surface area contributed by atoms with Crippen LogP contribution in [0.3, 0.4) is 0 Å². The maximum atomic E-state index is 15.2. The molecule has 6 rings (SSSR count). The molecule has 13 heteroatoms. The van der Waals surface area contributed by atoms with Crippen LogP contribution in [0.2, 0.25) is 0 Å². The first-order valence-electron chi connectivity index (χ1n) is 10.9. The number of aliphatic hydroxyl groups is 1. The summed E-state index contributed by atoms with van der Waals surface area (Å²) in [6, 6.07) is 4.13. The van der Waals surface area contributed by atoms with E-state index in [1.807, 2.05) is 0 Å². The number of likely N-dealkylation sites (tertiary alicyclic amines) is 1. The minimum Gasteiger partial charge on any atom is -0.488 e. The summed E-state index contributed by atoms with van der Waals surface area (Å²) in [6.45, 7) is 0. The van der Waals surface area contributed by atoms with Crippen LogP contribution in [-0.2, 0) is 6.18 Å². The number of piperidine rings is 1. The molecule has 1 amide bonds. The molecule has 3 N–H and O–H groups in total. The zero-order valence-corrected chi connectivity index (χ0v) is 18.3. The van der Waals surface area contributed by atoms with Gasteiger partial charge in [0, 0.05) is 11.6 Å². The molecule has 0 spiro atoms. The molecule has 0 aliphatic carbocycles. The fourth-order valence-electron chi connectivity index (χ4n) is 5.02. The Balaban J connectivity index is 1.48. The molecule has 182 valence electrons. The number of benzene rings is 2. The molecular formula is C23H16BF4N5O3. The van der Waals surface area contributed by atoms with E-state index in [0.29, 0.717) is 11.0 Å². The van der Waals surface area contributed by atoms with Gasteiger partial charge in [-0.05, 0) is 31.0 Å². The van der Waals surface area contributed by atoms with Crippen molar-refractivity contribution >= 4 is 36.1 Å². The number of nitrogens with two attached hydrogens (primary N) is 1. The van der Waals surface area contributed by atoms with Crippen molar-refractivity contribution in [2.24, 2.45) is 0 Å². The van der Waals surface area contributed by atoms with Crippen LogP contribution in [0, 0.1) is 5.82 Å². The second-order valence-electron chi connectivity index (χ2n) is 8.91. The molecule has 2 aromatic heterocycles. The van der Waals surface area contributed by atoms with Crippen LogP contribution in [0.1, 0.15) is 40.4 Å². The van der Waals surface area contributed by atoms with Gasteiger partial charge >= 0.3 is 6.18 Å². The van der Waals surface area contributed by atoms with Gasteiger partial charge in [-0.1, -0.05) is 6.07 Å². The fraction of sp³-hybridized carbons (Fsp3) is 0.261. The Bertz CT molecular complexity index is 1570. The van der Waals surface area contributed by atoms with Gasteiger partial charge in [0.25, 0.3) is 5.91 Å². The molecule has 4 aromatic rings. The van der Waals surface area contributed by atoms with Crippen molar-refractivity contribution in [1.29, 1.82) is 0 Å². The van der Waals surface area contributed by atoms with Gasteiger partial charge in [0.2, 0.25) is 0 Å². The number of halogens is 4. The predicted molar refractivity (Wildman–Crippen MR) is 120 cm³/mol. The Labute approximate surface area is 201 Å². The topological polar surface area (TPSA) is 106 Å². The average molecular weight is 497 g/mol. The molecule has 3 unspecified atom stereocenters. The van der Waals surface area contributed by atoms with Gasteiger partial charge in [-0.15, -0.1) is 0 Å². The van der Waals surface area contributed by atoms with E-state index >= 15 is 4.39 Å². The predicted octanol–water partition coefficient (Wildman–Crippen LogP) is 3.18. The summed E-state index contributed by atoms with van der Waals surface area (Å²) in [6.07, 6.45) is -2.46. The molecule has 8 nitrogen and oxygen atoms in total. The molecule has 2 aromatic carbocycles. The van der Waals surface area contributed by atoms with Crippen LogP contribution in [0.5, 0.6) is 5.75 Å². The number of nitrogens with zero attached hydrogens (tertiary/aromatic N) is 4. The molecule has 2 aliphatic heterocycles. The lowest BCUT2D eigenvalue weighted by atomic mass is 9.76. The lowest BCUT2D eigenvalue weighted by Gasteiger charge is -2.47. The number of ether oxygens (including phenoxy) is 1. The zero-order valence-electron chi connectivity index (χ0n) is 18.3. The summed E-state index contributed by atoms with van der Waals surface area (Å²) in [5.41, 5.74) is 3.52. The van der Waals surface area contributed by atoms with Crippen molar-refractivity contribution < 1.29 is 32.2 Å². The Hall–Kier alpha value is -3.87. The minimum absolute atomic E-state index is 0.0749. The first-order chi connectivity index (χ1) is 17.0. The summed E-state index contributed by atoms with van der Waals surface area (Å²) in [4.78, 5) is 22.8. The number of carbonyl (C=O) groups excluding carboxylic acids is 1. The Kier molecular flexibility index (Phi) is 4.60. The zero-order chi connectivity index (χ0) is 25.6. The van der Waals surface area contributed by atoms with E-state index < -0.39 is 46.8 Å². The monoisotopic (exact) mass is 497 g/mol. The third-order valence-corrected chi connectivity index (χ3v) is 6.70. The molecular weight excluding hydrogens is 481 g/mol. The number of amides is 1. The van der Waals surface area contributed by atoms with Gasteiger partial charge < -0.3 is 20.5 Å². The van der Waals surface area contributed by atoms with Crippen LogP contribution < -0.4 is 10.5 Å². The van der Waals surface area contributed by atoms with Crippen molar-refractivity contribution in [3.63, 3.8) is 0 Å². The Morgan fingerprint density at radius 1 is 1.25 bits per heavy atom. The maximum Gasteiger partial charge on any atom is 0.416 e. The third-order valence-electron chi connectivity index (χ3n) is 6.70. The van der Waals surface area contributed by atoms with Crippen molar-refractivity contribution in [1.82, 2.24) is 19.3 Å². The molecule has 2 aliphatic rings. The second kappa shape index (κ2) is 7.32. The van der Waals surface area contributed by atoms with Crippen LogP contribution >= 0.6 is 0 Å². The number of alkyl halides is 3. The largest absolute Gasteiger partial charge is 0.488 e. The highest BCUT2D eigenvalue weighted by Gasteiger charge is 2.52. The van der Waals surface area contributed by atoms with Gasteiger partial charge in [-0.2, -0.15) is 13.2 Å². The van der Waals surface area contributed by atoms with Crippen LogP contribution in [0.4, 0.5) is 23.4 Å². The van der Waals surface area contributed by atoms with Gasteiger partial charge in [0.05, 0.1) is 46.4 Å². The first-order valence-corrected chi connectivity index (χ1v) is 10.9. The molecule has 36 heavy (non-hydrogen) atoms. The van der Waals surface area contributed by atoms with Gasteiger partial charge in [0.1, 0.15) is 36.9 Å². The van der Waals surface area contributed by atoms with E-state index in [1.54, 1.807) is 0 Å². The highest BCUT2D eigenvalue weighted by molar-refractivity contribution is 6.16. The average Bonchev–Trinajstić information content (AvgIpc) is 3.42. The molecule has 2 radical (unpaired) electrons. The van der Waals surface area contributed by atoms with Crippen molar-refractivity contribution in [3.8, 4) is 5.75 Å². The fourth-order valence-corrected chi connectivity index (χ4v) is 5.02. The molecule has 3 atom stereocenters. The lowest BCUT2D eigenvalue weighted by molar-refractivity contribution is -0.137. The van der Waals surface area contributed by atoms with E-state index in [2.05, 4.69) is 9.97 Å². The minimum atomic E-state index is -4.60. The highest BCUT2D eigenvalue weighted by Crippen LogP contribution is 2.49. The number of nitrogen functional groups attached to an aromatic ring is 1. The number of hydrogen-bond donors (Lipinski definition) is 2. The molecule has 4 heterocycles. The summed E-state index contributed by atoms with van der Waals surface area (Å²) in [5, 5.41) is 11.0. The number of imidazole rings is 1. The van der Waals surface area contributed by atoms with E-state index in [-0.39, 0.29) is 35.5 Å².